The normalized spacial score (nSPS) is 30.7. The van der Waals surface area contributed by atoms with Crippen LogP contribution in [0.25, 0.3) is 0 Å². The predicted octanol–water partition coefficient (Wildman–Crippen LogP) is 0.335. The molecule has 1 saturated heterocycles. The number of hydrogen-bond acceptors (Lipinski definition) is 3. The summed E-state index contributed by atoms with van der Waals surface area (Å²) in [6.07, 6.45) is -0.209. The molecule has 0 bridgehead atoms. The summed E-state index contributed by atoms with van der Waals surface area (Å²) in [6, 6.07) is 8.84. The van der Waals surface area contributed by atoms with Crippen molar-refractivity contribution in [1.29, 1.82) is 0 Å². The van der Waals surface area contributed by atoms with Gasteiger partial charge in [-0.05, 0) is 11.1 Å². The van der Waals surface area contributed by atoms with Crippen molar-refractivity contribution in [3.63, 3.8) is 0 Å². The first-order chi connectivity index (χ1) is 7.34. The summed E-state index contributed by atoms with van der Waals surface area (Å²) in [6.45, 7) is 3.62. The lowest BCUT2D eigenvalue weighted by Gasteiger charge is -2.25. The Labute approximate surface area is 89.7 Å². The second-order valence-corrected chi connectivity index (χ2v) is 4.47. The lowest BCUT2D eigenvalue weighted by atomic mass is 10.1. The van der Waals surface area contributed by atoms with Gasteiger partial charge in [0.25, 0.3) is 0 Å². The van der Waals surface area contributed by atoms with Crippen molar-refractivity contribution in [3.8, 4) is 0 Å². The van der Waals surface area contributed by atoms with E-state index in [-0.39, 0.29) is 12.1 Å². The summed E-state index contributed by atoms with van der Waals surface area (Å²) in [5, 5.41) is 13.1. The molecule has 0 saturated carbocycles. The number of aliphatic hydroxyl groups is 1. The van der Waals surface area contributed by atoms with Crippen LogP contribution in [0.5, 0.6) is 0 Å². The highest BCUT2D eigenvalue weighted by Gasteiger charge is 2.33. The van der Waals surface area contributed by atoms with Gasteiger partial charge in [0.15, 0.2) is 0 Å². The van der Waals surface area contributed by atoms with E-state index in [1.54, 1.807) is 0 Å². The van der Waals surface area contributed by atoms with Crippen molar-refractivity contribution in [2.45, 2.75) is 25.2 Å². The molecule has 0 aromatic heterocycles. The molecule has 2 aliphatic rings. The van der Waals surface area contributed by atoms with Crippen molar-refractivity contribution in [1.82, 2.24) is 10.2 Å². The molecule has 0 spiro atoms. The molecule has 1 aromatic carbocycles. The number of β-amino-alcohol motifs (C(OH)–C–C–N with tert-alkyl or cyclic N) is 1. The van der Waals surface area contributed by atoms with Gasteiger partial charge in [0, 0.05) is 32.2 Å². The molecule has 15 heavy (non-hydrogen) atoms. The standard InChI is InChI=1S/C12H16N2O/c15-12-6-13-5-11(12)14-7-9-3-1-2-4-10(9)8-14/h1-4,11-13,15H,5-8H2/t11-,12-/m0/s1. The van der Waals surface area contributed by atoms with Gasteiger partial charge in [-0.15, -0.1) is 0 Å². The van der Waals surface area contributed by atoms with Crippen LogP contribution in [0, 0.1) is 0 Å². The number of nitrogens with zero attached hydrogens (tertiary/aromatic N) is 1. The van der Waals surface area contributed by atoms with Crippen LogP contribution in [-0.2, 0) is 13.1 Å². The maximum Gasteiger partial charge on any atom is 0.0832 e. The molecule has 1 fully saturated rings. The summed E-state index contributed by atoms with van der Waals surface area (Å²) in [4.78, 5) is 2.37. The van der Waals surface area contributed by atoms with Gasteiger partial charge in [-0.3, -0.25) is 4.90 Å². The number of hydrogen-bond donors (Lipinski definition) is 2. The molecule has 1 aromatic rings. The largest absolute Gasteiger partial charge is 0.390 e. The zero-order chi connectivity index (χ0) is 10.3. The van der Waals surface area contributed by atoms with Crippen LogP contribution in [0.15, 0.2) is 24.3 Å². The van der Waals surface area contributed by atoms with Gasteiger partial charge in [-0.1, -0.05) is 24.3 Å². The van der Waals surface area contributed by atoms with Crippen LogP contribution in [0.2, 0.25) is 0 Å². The van der Waals surface area contributed by atoms with E-state index in [1.807, 2.05) is 0 Å². The molecular formula is C12H16N2O. The summed E-state index contributed by atoms with van der Waals surface area (Å²) in [7, 11) is 0. The lowest BCUT2D eigenvalue weighted by Crippen LogP contribution is -2.39. The van der Waals surface area contributed by atoms with Gasteiger partial charge < -0.3 is 10.4 Å². The molecule has 2 atom stereocenters. The van der Waals surface area contributed by atoms with Crippen LogP contribution in [-0.4, -0.2) is 35.2 Å². The van der Waals surface area contributed by atoms with E-state index in [2.05, 4.69) is 34.5 Å². The minimum atomic E-state index is -0.209. The van der Waals surface area contributed by atoms with Crippen LogP contribution in [0.3, 0.4) is 0 Å². The van der Waals surface area contributed by atoms with Crippen molar-refractivity contribution in [3.05, 3.63) is 35.4 Å². The van der Waals surface area contributed by atoms with Crippen LogP contribution in [0.1, 0.15) is 11.1 Å². The minimum Gasteiger partial charge on any atom is -0.390 e. The zero-order valence-electron chi connectivity index (χ0n) is 8.69. The van der Waals surface area contributed by atoms with E-state index in [1.165, 1.54) is 11.1 Å². The third-order valence-electron chi connectivity index (χ3n) is 3.49. The molecular weight excluding hydrogens is 188 g/mol. The molecule has 2 N–H and O–H groups in total. The summed E-state index contributed by atoms with van der Waals surface area (Å²) in [5.74, 6) is 0. The fourth-order valence-electron chi connectivity index (χ4n) is 2.62. The second-order valence-electron chi connectivity index (χ2n) is 4.47. The summed E-state index contributed by atoms with van der Waals surface area (Å²) in [5.41, 5.74) is 2.83. The van der Waals surface area contributed by atoms with Crippen LogP contribution in [0.4, 0.5) is 0 Å². The van der Waals surface area contributed by atoms with Gasteiger partial charge in [0.1, 0.15) is 0 Å². The summed E-state index contributed by atoms with van der Waals surface area (Å²) >= 11 is 0. The Morgan fingerprint density at radius 1 is 1.13 bits per heavy atom. The molecule has 0 aliphatic carbocycles. The maximum absolute atomic E-state index is 9.82. The highest BCUT2D eigenvalue weighted by atomic mass is 16.3. The average molecular weight is 204 g/mol. The number of nitrogens with one attached hydrogen (secondary N) is 1. The molecule has 0 radical (unpaired) electrons. The topological polar surface area (TPSA) is 35.5 Å². The molecule has 2 heterocycles. The molecule has 3 rings (SSSR count). The summed E-state index contributed by atoms with van der Waals surface area (Å²) < 4.78 is 0. The van der Waals surface area contributed by atoms with Crippen LogP contribution < -0.4 is 5.32 Å². The fraction of sp³-hybridized carbons (Fsp3) is 0.500. The Balaban J connectivity index is 1.78. The second kappa shape index (κ2) is 3.59. The lowest BCUT2D eigenvalue weighted by molar-refractivity contribution is 0.0815. The fourth-order valence-corrected chi connectivity index (χ4v) is 2.62. The first kappa shape index (κ1) is 9.33. The Bertz CT molecular complexity index is 341. The predicted molar refractivity (Wildman–Crippen MR) is 58.4 cm³/mol. The van der Waals surface area contributed by atoms with Gasteiger partial charge in [-0.2, -0.15) is 0 Å². The van der Waals surface area contributed by atoms with E-state index < -0.39 is 0 Å². The quantitative estimate of drug-likeness (QED) is 0.692. The Kier molecular flexibility index (Phi) is 2.24. The first-order valence-electron chi connectivity index (χ1n) is 5.54. The van der Waals surface area contributed by atoms with E-state index >= 15 is 0 Å². The van der Waals surface area contributed by atoms with Crippen molar-refractivity contribution in [2.24, 2.45) is 0 Å². The van der Waals surface area contributed by atoms with Crippen molar-refractivity contribution in [2.75, 3.05) is 13.1 Å². The highest BCUT2D eigenvalue weighted by Crippen LogP contribution is 2.25. The smallest absolute Gasteiger partial charge is 0.0832 e. The average Bonchev–Trinajstić information content (AvgIpc) is 2.82. The molecule has 3 heteroatoms. The molecule has 0 amide bonds. The Morgan fingerprint density at radius 3 is 2.33 bits per heavy atom. The van der Waals surface area contributed by atoms with Gasteiger partial charge >= 0.3 is 0 Å². The maximum atomic E-state index is 9.82. The first-order valence-corrected chi connectivity index (χ1v) is 5.54. The zero-order valence-corrected chi connectivity index (χ0v) is 8.69. The number of fused-ring (bicyclic) bond motifs is 1. The SMILES string of the molecule is O[C@H]1CNC[C@@H]1N1Cc2ccccc2C1. The molecule has 2 aliphatic heterocycles. The van der Waals surface area contributed by atoms with E-state index in [0.29, 0.717) is 0 Å². The molecule has 80 valence electrons. The molecule has 0 unspecified atom stereocenters. The third-order valence-corrected chi connectivity index (χ3v) is 3.49. The molecule has 3 nitrogen and oxygen atoms in total. The Hall–Kier alpha value is -0.900. The number of benzene rings is 1. The van der Waals surface area contributed by atoms with E-state index in [0.717, 1.165) is 26.2 Å². The van der Waals surface area contributed by atoms with E-state index in [4.69, 9.17) is 0 Å². The van der Waals surface area contributed by atoms with Crippen LogP contribution >= 0.6 is 0 Å². The van der Waals surface area contributed by atoms with Gasteiger partial charge in [0.2, 0.25) is 0 Å². The Morgan fingerprint density at radius 2 is 1.80 bits per heavy atom. The van der Waals surface area contributed by atoms with E-state index in [9.17, 15) is 5.11 Å². The number of aliphatic hydroxyl groups excluding tert-OH is 1. The monoisotopic (exact) mass is 204 g/mol. The highest BCUT2D eigenvalue weighted by molar-refractivity contribution is 5.30. The minimum absolute atomic E-state index is 0.209. The third kappa shape index (κ3) is 1.57. The number of rotatable bonds is 1. The van der Waals surface area contributed by atoms with Crippen molar-refractivity contribution >= 4 is 0 Å². The van der Waals surface area contributed by atoms with Crippen molar-refractivity contribution < 1.29 is 5.11 Å². The van der Waals surface area contributed by atoms with Gasteiger partial charge in [0.05, 0.1) is 6.10 Å². The van der Waals surface area contributed by atoms with Gasteiger partial charge in [-0.25, -0.2) is 0 Å².